The Morgan fingerprint density at radius 1 is 0.667 bits per heavy atom. The molecule has 0 N–H and O–H groups in total. The smallest absolute Gasteiger partial charge is 0.319 e. The van der Waals surface area contributed by atoms with Gasteiger partial charge in [-0.2, -0.15) is 0 Å². The van der Waals surface area contributed by atoms with Crippen LogP contribution in [-0.2, 0) is 14.3 Å². The Bertz CT molecular complexity index is 378. The fourth-order valence-corrected chi connectivity index (χ4v) is 3.40. The van der Waals surface area contributed by atoms with Crippen LogP contribution in [0.2, 0.25) is 0 Å². The van der Waals surface area contributed by atoms with Gasteiger partial charge in [0.2, 0.25) is 0 Å². The lowest BCUT2D eigenvalue weighted by molar-refractivity contribution is -0.167. The first kappa shape index (κ1) is 26.1. The van der Waals surface area contributed by atoms with Crippen molar-refractivity contribution < 1.29 is 14.3 Å². The van der Waals surface area contributed by atoms with Gasteiger partial charge in [-0.1, -0.05) is 104 Å². The van der Waals surface area contributed by atoms with Crippen LogP contribution in [0.5, 0.6) is 0 Å². The summed E-state index contributed by atoms with van der Waals surface area (Å²) in [7, 11) is 0. The first-order chi connectivity index (χ1) is 13.0. The highest BCUT2D eigenvalue weighted by Gasteiger charge is 2.33. The van der Waals surface area contributed by atoms with Gasteiger partial charge in [-0.05, 0) is 26.2 Å². The normalized spacial score (nSPS) is 13.3. The fraction of sp³-hybridized carbons (Fsp3) is 0.917. The highest BCUT2D eigenvalue weighted by Crippen LogP contribution is 2.30. The van der Waals surface area contributed by atoms with Gasteiger partial charge in [0, 0.05) is 6.42 Å². The van der Waals surface area contributed by atoms with E-state index in [0.717, 1.165) is 32.1 Å². The summed E-state index contributed by atoms with van der Waals surface area (Å²) in [5, 5.41) is 0. The second-order valence-electron chi connectivity index (χ2n) is 8.42. The highest BCUT2D eigenvalue weighted by molar-refractivity contribution is 5.88. The maximum absolute atomic E-state index is 12.5. The van der Waals surface area contributed by atoms with E-state index in [1.165, 1.54) is 70.6 Å². The van der Waals surface area contributed by atoms with Crippen molar-refractivity contribution in [3.8, 4) is 0 Å². The van der Waals surface area contributed by atoms with Crippen LogP contribution in [0.3, 0.4) is 0 Å². The zero-order valence-corrected chi connectivity index (χ0v) is 18.7. The van der Waals surface area contributed by atoms with Gasteiger partial charge in [0.05, 0.1) is 5.41 Å². The second kappa shape index (κ2) is 17.3. The van der Waals surface area contributed by atoms with Crippen molar-refractivity contribution in [1.29, 1.82) is 0 Å². The van der Waals surface area contributed by atoms with Crippen LogP contribution in [0.4, 0.5) is 0 Å². The van der Waals surface area contributed by atoms with Crippen LogP contribution in [0, 0.1) is 5.41 Å². The Hall–Kier alpha value is -0.860. The molecule has 1 unspecified atom stereocenters. The Morgan fingerprint density at radius 3 is 1.59 bits per heavy atom. The lowest BCUT2D eigenvalue weighted by atomic mass is 9.82. The molecule has 0 aliphatic heterocycles. The molecule has 27 heavy (non-hydrogen) atoms. The molecule has 0 fully saturated rings. The summed E-state index contributed by atoms with van der Waals surface area (Å²) in [6.07, 6.45) is 18.7. The zero-order valence-electron chi connectivity index (χ0n) is 18.7. The number of carbonyl (C=O) groups is 2. The molecule has 160 valence electrons. The molecule has 0 bridgehead atoms. The Balaban J connectivity index is 3.95. The van der Waals surface area contributed by atoms with E-state index >= 15 is 0 Å². The summed E-state index contributed by atoms with van der Waals surface area (Å²) in [6, 6.07) is 0. The molecular weight excluding hydrogens is 336 g/mol. The SMILES string of the molecule is CCCCCCCCCC(=O)OC(=O)C(C)(CC)CCCCCCCCC. The number of carbonyl (C=O) groups excluding carboxylic acids is 2. The number of ether oxygens (including phenoxy) is 1. The third kappa shape index (κ3) is 13.9. The molecule has 0 radical (unpaired) electrons. The Kier molecular flexibility index (Phi) is 16.7. The van der Waals surface area contributed by atoms with Gasteiger partial charge in [-0.25, -0.2) is 0 Å². The summed E-state index contributed by atoms with van der Waals surface area (Å²) in [6.45, 7) is 8.41. The van der Waals surface area contributed by atoms with Crippen LogP contribution in [0.1, 0.15) is 137 Å². The van der Waals surface area contributed by atoms with E-state index in [-0.39, 0.29) is 11.9 Å². The van der Waals surface area contributed by atoms with E-state index in [9.17, 15) is 9.59 Å². The summed E-state index contributed by atoms with van der Waals surface area (Å²) in [5.41, 5.74) is -0.515. The van der Waals surface area contributed by atoms with Crippen LogP contribution in [0.25, 0.3) is 0 Å². The van der Waals surface area contributed by atoms with E-state index in [1.54, 1.807) is 0 Å². The standard InChI is InChI=1S/C24H46O3/c1-5-8-10-12-14-16-18-20-22(25)27-23(26)24(4,7-3)21-19-17-15-13-11-9-6-2/h5-21H2,1-4H3. The monoisotopic (exact) mass is 382 g/mol. The van der Waals surface area contributed by atoms with Crippen molar-refractivity contribution in [3.63, 3.8) is 0 Å². The van der Waals surface area contributed by atoms with E-state index in [1.807, 2.05) is 13.8 Å². The topological polar surface area (TPSA) is 43.4 Å². The first-order valence-electron chi connectivity index (χ1n) is 11.7. The third-order valence-corrected chi connectivity index (χ3v) is 5.80. The minimum Gasteiger partial charge on any atom is -0.393 e. The van der Waals surface area contributed by atoms with Gasteiger partial charge in [-0.3, -0.25) is 9.59 Å². The average Bonchev–Trinajstić information content (AvgIpc) is 2.66. The van der Waals surface area contributed by atoms with Crippen LogP contribution in [-0.4, -0.2) is 11.9 Å². The summed E-state index contributed by atoms with van der Waals surface area (Å²) in [5.74, 6) is -0.656. The fourth-order valence-electron chi connectivity index (χ4n) is 3.40. The summed E-state index contributed by atoms with van der Waals surface area (Å²) >= 11 is 0. The van der Waals surface area contributed by atoms with Crippen molar-refractivity contribution >= 4 is 11.9 Å². The lowest BCUT2D eigenvalue weighted by Crippen LogP contribution is -2.31. The van der Waals surface area contributed by atoms with Gasteiger partial charge >= 0.3 is 11.9 Å². The number of hydrogen-bond donors (Lipinski definition) is 0. The minimum absolute atomic E-state index is 0.316. The Labute approximate surface area is 169 Å². The van der Waals surface area contributed by atoms with E-state index < -0.39 is 5.41 Å². The molecule has 0 aliphatic rings. The number of hydrogen-bond acceptors (Lipinski definition) is 3. The number of esters is 2. The Morgan fingerprint density at radius 2 is 1.11 bits per heavy atom. The van der Waals surface area contributed by atoms with Crippen molar-refractivity contribution in [2.75, 3.05) is 0 Å². The minimum atomic E-state index is -0.515. The largest absolute Gasteiger partial charge is 0.393 e. The number of rotatable bonds is 18. The molecule has 0 saturated heterocycles. The predicted octanol–water partition coefficient (Wildman–Crippen LogP) is 7.75. The molecule has 0 rings (SSSR count). The van der Waals surface area contributed by atoms with Crippen LogP contribution in [0.15, 0.2) is 0 Å². The van der Waals surface area contributed by atoms with Crippen molar-refractivity contribution in [3.05, 3.63) is 0 Å². The second-order valence-corrected chi connectivity index (χ2v) is 8.42. The molecule has 3 nitrogen and oxygen atoms in total. The molecule has 0 saturated carbocycles. The predicted molar refractivity (Wildman–Crippen MR) is 115 cm³/mol. The third-order valence-electron chi connectivity index (χ3n) is 5.80. The maximum atomic E-state index is 12.5. The van der Waals surface area contributed by atoms with Crippen molar-refractivity contribution in [1.82, 2.24) is 0 Å². The van der Waals surface area contributed by atoms with E-state index in [4.69, 9.17) is 4.74 Å². The molecule has 0 aliphatic carbocycles. The van der Waals surface area contributed by atoms with Crippen LogP contribution < -0.4 is 0 Å². The summed E-state index contributed by atoms with van der Waals surface area (Å²) in [4.78, 5) is 24.5. The van der Waals surface area contributed by atoms with E-state index in [0.29, 0.717) is 6.42 Å². The molecule has 0 heterocycles. The molecule has 0 spiro atoms. The van der Waals surface area contributed by atoms with Gasteiger partial charge in [0.15, 0.2) is 0 Å². The molecular formula is C24H46O3. The maximum Gasteiger partial charge on any atom is 0.319 e. The number of unbranched alkanes of at least 4 members (excludes halogenated alkanes) is 12. The zero-order chi connectivity index (χ0) is 20.4. The van der Waals surface area contributed by atoms with E-state index in [2.05, 4.69) is 13.8 Å². The van der Waals surface area contributed by atoms with Gasteiger partial charge in [0.25, 0.3) is 0 Å². The van der Waals surface area contributed by atoms with Crippen LogP contribution >= 0.6 is 0 Å². The molecule has 0 aromatic heterocycles. The van der Waals surface area contributed by atoms with Crippen molar-refractivity contribution in [2.45, 2.75) is 137 Å². The van der Waals surface area contributed by atoms with Gasteiger partial charge < -0.3 is 4.74 Å². The lowest BCUT2D eigenvalue weighted by Gasteiger charge is -2.25. The summed E-state index contributed by atoms with van der Waals surface area (Å²) < 4.78 is 5.18. The molecule has 0 amide bonds. The average molecular weight is 383 g/mol. The van der Waals surface area contributed by atoms with Crippen molar-refractivity contribution in [2.24, 2.45) is 5.41 Å². The molecule has 1 atom stereocenters. The molecule has 0 aromatic rings. The van der Waals surface area contributed by atoms with Gasteiger partial charge in [-0.15, -0.1) is 0 Å². The van der Waals surface area contributed by atoms with Gasteiger partial charge in [0.1, 0.15) is 0 Å². The highest BCUT2D eigenvalue weighted by atomic mass is 16.6. The molecule has 0 aromatic carbocycles. The first-order valence-corrected chi connectivity index (χ1v) is 11.7. The quantitative estimate of drug-likeness (QED) is 0.138. The molecule has 3 heteroatoms.